The smallest absolute Gasteiger partial charge is 0.226 e. The third kappa shape index (κ3) is 6.43. The number of guanidine groups is 1. The van der Waals surface area contributed by atoms with Crippen LogP contribution in [0.5, 0.6) is 5.75 Å². The fourth-order valence-corrected chi connectivity index (χ4v) is 3.90. The summed E-state index contributed by atoms with van der Waals surface area (Å²) in [7, 11) is 3.54. The van der Waals surface area contributed by atoms with E-state index in [2.05, 4.69) is 56.6 Å². The maximum atomic E-state index is 5.64. The first-order valence-corrected chi connectivity index (χ1v) is 11.3. The van der Waals surface area contributed by atoms with Crippen LogP contribution in [0, 0.1) is 0 Å². The van der Waals surface area contributed by atoms with Crippen molar-refractivity contribution in [3.05, 3.63) is 41.5 Å². The highest BCUT2D eigenvalue weighted by molar-refractivity contribution is 5.79. The van der Waals surface area contributed by atoms with Gasteiger partial charge in [0, 0.05) is 38.0 Å². The van der Waals surface area contributed by atoms with Crippen molar-refractivity contribution in [1.29, 1.82) is 0 Å². The average molecular weight is 429 g/mol. The van der Waals surface area contributed by atoms with Crippen molar-refractivity contribution in [3.63, 3.8) is 0 Å². The number of likely N-dealkylation sites (tertiary alicyclic amines) is 1. The number of rotatable bonds is 10. The van der Waals surface area contributed by atoms with E-state index in [4.69, 9.17) is 9.26 Å². The van der Waals surface area contributed by atoms with Crippen LogP contribution in [-0.2, 0) is 6.42 Å². The molecular formula is C23H36N6O2. The van der Waals surface area contributed by atoms with Gasteiger partial charge in [-0.25, -0.2) is 0 Å². The first-order chi connectivity index (χ1) is 15.1. The molecule has 1 aliphatic rings. The van der Waals surface area contributed by atoms with Gasteiger partial charge in [-0.15, -0.1) is 0 Å². The van der Waals surface area contributed by atoms with Crippen LogP contribution in [0.4, 0.5) is 0 Å². The number of aryl methyl sites for hydroxylation is 1. The lowest BCUT2D eigenvalue weighted by atomic mass is 10.0. The second kappa shape index (κ2) is 11.7. The largest absolute Gasteiger partial charge is 0.496 e. The molecule has 0 spiro atoms. The number of nitrogens with zero attached hydrogens (tertiary/aromatic N) is 4. The maximum Gasteiger partial charge on any atom is 0.226 e. The van der Waals surface area contributed by atoms with Crippen molar-refractivity contribution < 1.29 is 9.26 Å². The summed E-state index contributed by atoms with van der Waals surface area (Å²) in [5.41, 5.74) is 1.22. The van der Waals surface area contributed by atoms with E-state index in [0.29, 0.717) is 5.89 Å². The van der Waals surface area contributed by atoms with Gasteiger partial charge in [0.05, 0.1) is 13.2 Å². The molecule has 8 nitrogen and oxygen atoms in total. The normalized spacial score (nSPS) is 16.0. The molecule has 3 rings (SSSR count). The molecule has 1 saturated heterocycles. The number of para-hydroxylation sites is 1. The van der Waals surface area contributed by atoms with E-state index in [1.54, 1.807) is 14.2 Å². The topological polar surface area (TPSA) is 87.8 Å². The number of nitrogens with one attached hydrogen (secondary N) is 2. The average Bonchev–Trinajstić information content (AvgIpc) is 3.48. The molecule has 0 radical (unpaired) electrons. The number of benzene rings is 1. The first-order valence-electron chi connectivity index (χ1n) is 11.3. The summed E-state index contributed by atoms with van der Waals surface area (Å²) < 4.78 is 11.0. The van der Waals surface area contributed by atoms with E-state index >= 15 is 0 Å². The Hall–Kier alpha value is -2.61. The summed E-state index contributed by atoms with van der Waals surface area (Å²) in [4.78, 5) is 11.3. The van der Waals surface area contributed by atoms with Gasteiger partial charge in [0.1, 0.15) is 5.75 Å². The second-order valence-electron chi connectivity index (χ2n) is 8.19. The number of aromatic nitrogens is 2. The van der Waals surface area contributed by atoms with Crippen molar-refractivity contribution in [2.45, 2.75) is 51.5 Å². The fraction of sp³-hybridized carbons (Fsp3) is 0.609. The molecule has 2 heterocycles. The summed E-state index contributed by atoms with van der Waals surface area (Å²) in [6, 6.07) is 8.54. The molecule has 2 aromatic rings. The van der Waals surface area contributed by atoms with Gasteiger partial charge in [0.15, 0.2) is 11.8 Å². The van der Waals surface area contributed by atoms with Crippen LogP contribution in [0.3, 0.4) is 0 Å². The zero-order valence-corrected chi connectivity index (χ0v) is 19.2. The third-order valence-corrected chi connectivity index (χ3v) is 5.63. The fourth-order valence-electron chi connectivity index (χ4n) is 3.90. The highest BCUT2D eigenvalue weighted by Crippen LogP contribution is 2.31. The molecule has 8 heteroatoms. The number of ether oxygens (including phenoxy) is 1. The van der Waals surface area contributed by atoms with Crippen molar-refractivity contribution in [2.24, 2.45) is 4.99 Å². The van der Waals surface area contributed by atoms with Crippen LogP contribution >= 0.6 is 0 Å². The standard InChI is InChI=1S/C23H36N6O2/c1-17(2)22-27-21(31-28-22)12-9-13-25-23(24-3)26-16-19(29-14-7-8-15-29)18-10-5-6-11-20(18)30-4/h5-6,10-11,17,19H,7-9,12-16H2,1-4H3,(H2,24,25,26). The summed E-state index contributed by atoms with van der Waals surface area (Å²) in [5, 5.41) is 10.9. The SMILES string of the molecule is CN=C(NCCCc1nc(C(C)C)no1)NCC(c1ccccc1OC)N1CCCC1. The van der Waals surface area contributed by atoms with Gasteiger partial charge >= 0.3 is 0 Å². The lowest BCUT2D eigenvalue weighted by molar-refractivity contribution is 0.239. The van der Waals surface area contributed by atoms with Crippen LogP contribution in [0.2, 0.25) is 0 Å². The van der Waals surface area contributed by atoms with E-state index in [1.807, 2.05) is 12.1 Å². The minimum Gasteiger partial charge on any atom is -0.496 e. The van der Waals surface area contributed by atoms with E-state index in [1.165, 1.54) is 18.4 Å². The molecular weight excluding hydrogens is 392 g/mol. The minimum absolute atomic E-state index is 0.241. The van der Waals surface area contributed by atoms with Crippen molar-refractivity contribution in [3.8, 4) is 5.75 Å². The molecule has 31 heavy (non-hydrogen) atoms. The molecule has 0 amide bonds. The molecule has 170 valence electrons. The van der Waals surface area contributed by atoms with Crippen LogP contribution in [0.25, 0.3) is 0 Å². The van der Waals surface area contributed by atoms with Crippen LogP contribution in [0.15, 0.2) is 33.8 Å². The maximum absolute atomic E-state index is 5.64. The molecule has 0 bridgehead atoms. The number of methoxy groups -OCH3 is 1. The van der Waals surface area contributed by atoms with Crippen molar-refractivity contribution in [1.82, 2.24) is 25.7 Å². The Morgan fingerprint density at radius 1 is 1.23 bits per heavy atom. The monoisotopic (exact) mass is 428 g/mol. The molecule has 1 aromatic heterocycles. The van der Waals surface area contributed by atoms with Gasteiger partial charge in [0.25, 0.3) is 0 Å². The lowest BCUT2D eigenvalue weighted by Gasteiger charge is -2.30. The van der Waals surface area contributed by atoms with Gasteiger partial charge in [-0.05, 0) is 38.4 Å². The first kappa shape index (κ1) is 23.1. The minimum atomic E-state index is 0.241. The number of hydrogen-bond donors (Lipinski definition) is 2. The van der Waals surface area contributed by atoms with Crippen LogP contribution in [-0.4, -0.2) is 61.3 Å². The highest BCUT2D eigenvalue weighted by atomic mass is 16.5. The van der Waals surface area contributed by atoms with E-state index in [-0.39, 0.29) is 12.0 Å². The van der Waals surface area contributed by atoms with Crippen molar-refractivity contribution in [2.75, 3.05) is 40.3 Å². The van der Waals surface area contributed by atoms with Gasteiger partial charge in [-0.2, -0.15) is 4.98 Å². The van der Waals surface area contributed by atoms with Gasteiger partial charge in [0.2, 0.25) is 5.89 Å². The van der Waals surface area contributed by atoms with Gasteiger partial charge in [-0.3, -0.25) is 9.89 Å². The van der Waals surface area contributed by atoms with Crippen molar-refractivity contribution >= 4 is 5.96 Å². The molecule has 2 N–H and O–H groups in total. The molecule has 1 atom stereocenters. The summed E-state index contributed by atoms with van der Waals surface area (Å²) in [5.74, 6) is 3.48. The van der Waals surface area contributed by atoms with Crippen LogP contribution in [0.1, 0.15) is 62.3 Å². The predicted molar refractivity (Wildman–Crippen MR) is 123 cm³/mol. The second-order valence-corrected chi connectivity index (χ2v) is 8.19. The Bertz CT molecular complexity index is 829. The Kier molecular flexibility index (Phi) is 8.70. The van der Waals surface area contributed by atoms with Gasteiger partial charge < -0.3 is 19.9 Å². The quantitative estimate of drug-likeness (QED) is 0.341. The van der Waals surface area contributed by atoms with E-state index < -0.39 is 0 Å². The molecule has 1 aliphatic heterocycles. The third-order valence-electron chi connectivity index (χ3n) is 5.63. The predicted octanol–water partition coefficient (Wildman–Crippen LogP) is 3.14. The summed E-state index contributed by atoms with van der Waals surface area (Å²) in [6.45, 7) is 7.89. The lowest BCUT2D eigenvalue weighted by Crippen LogP contribution is -2.43. The summed E-state index contributed by atoms with van der Waals surface area (Å²) in [6.07, 6.45) is 4.13. The Morgan fingerprint density at radius 3 is 2.68 bits per heavy atom. The number of aliphatic imine (C=N–C) groups is 1. The zero-order valence-electron chi connectivity index (χ0n) is 19.2. The summed E-state index contributed by atoms with van der Waals surface area (Å²) >= 11 is 0. The Balaban J connectivity index is 1.52. The highest BCUT2D eigenvalue weighted by Gasteiger charge is 2.26. The van der Waals surface area contributed by atoms with E-state index in [0.717, 1.165) is 56.6 Å². The zero-order chi connectivity index (χ0) is 22.1. The Labute approximate surface area is 185 Å². The van der Waals surface area contributed by atoms with Crippen LogP contribution < -0.4 is 15.4 Å². The Morgan fingerprint density at radius 2 is 2.00 bits per heavy atom. The molecule has 0 saturated carbocycles. The molecule has 1 aromatic carbocycles. The van der Waals surface area contributed by atoms with Gasteiger partial charge in [-0.1, -0.05) is 37.2 Å². The molecule has 1 fully saturated rings. The number of hydrogen-bond acceptors (Lipinski definition) is 6. The molecule has 0 aliphatic carbocycles. The van der Waals surface area contributed by atoms with E-state index in [9.17, 15) is 0 Å². The molecule has 1 unspecified atom stereocenters.